The van der Waals surface area contributed by atoms with Gasteiger partial charge in [-0.2, -0.15) is 4.39 Å². The number of nitrogens with zero attached hydrogens (tertiary/aromatic N) is 1. The summed E-state index contributed by atoms with van der Waals surface area (Å²) in [6.07, 6.45) is 0. The molecule has 0 fully saturated rings. The minimum atomic E-state index is -1.92. The molecule has 0 amide bonds. The largest absolute Gasteiger partial charge is 0.445 e. The summed E-state index contributed by atoms with van der Waals surface area (Å²) < 4.78 is 17.5. The van der Waals surface area contributed by atoms with E-state index in [9.17, 15) is 4.39 Å². The summed E-state index contributed by atoms with van der Waals surface area (Å²) in [4.78, 5) is 4.21. The molecule has 0 aliphatic carbocycles. The van der Waals surface area contributed by atoms with Crippen molar-refractivity contribution in [2.75, 3.05) is 0 Å². The Labute approximate surface area is 120 Å². The highest BCUT2D eigenvalue weighted by molar-refractivity contribution is 6.69. The van der Waals surface area contributed by atoms with Crippen molar-refractivity contribution in [1.82, 2.24) is 0 Å². The number of ether oxygens (including phenoxy) is 1. The Kier molecular flexibility index (Phi) is 4.77. The van der Waals surface area contributed by atoms with Gasteiger partial charge in [-0.1, -0.05) is 54.1 Å². The summed E-state index contributed by atoms with van der Waals surface area (Å²) in [5.41, 5.74) is 1.18. The topological polar surface area (TPSA) is 21.6 Å². The van der Waals surface area contributed by atoms with Crippen LogP contribution in [-0.2, 0) is 0 Å². The first-order chi connectivity index (χ1) is 9.16. The van der Waals surface area contributed by atoms with Crippen molar-refractivity contribution in [2.24, 2.45) is 4.99 Å². The summed E-state index contributed by atoms with van der Waals surface area (Å²) in [7, 11) is 0. The third-order valence-corrected chi connectivity index (χ3v) is 2.70. The first-order valence-electron chi connectivity index (χ1n) is 5.50. The molecule has 5 heteroatoms. The highest BCUT2D eigenvalue weighted by atomic mass is 35.5. The molecule has 19 heavy (non-hydrogen) atoms. The number of alkyl halides is 2. The molecule has 0 heterocycles. The van der Waals surface area contributed by atoms with E-state index in [-0.39, 0.29) is 5.75 Å². The van der Waals surface area contributed by atoms with E-state index in [0.29, 0.717) is 10.9 Å². The van der Waals surface area contributed by atoms with Gasteiger partial charge in [0, 0.05) is 5.56 Å². The summed E-state index contributed by atoms with van der Waals surface area (Å²) in [6.45, 7) is 0. The molecule has 0 saturated carbocycles. The number of benzene rings is 2. The van der Waals surface area contributed by atoms with Gasteiger partial charge < -0.3 is 4.74 Å². The van der Waals surface area contributed by atoms with E-state index in [0.717, 1.165) is 5.56 Å². The number of rotatable bonds is 4. The molecule has 1 unspecified atom stereocenters. The van der Waals surface area contributed by atoms with Gasteiger partial charge in [-0.05, 0) is 23.7 Å². The van der Waals surface area contributed by atoms with Gasteiger partial charge in [0.1, 0.15) is 16.6 Å². The van der Waals surface area contributed by atoms with E-state index in [1.807, 2.05) is 30.3 Å². The van der Waals surface area contributed by atoms with Gasteiger partial charge in [-0.15, -0.1) is 0 Å². The Hall–Kier alpha value is -1.58. The average molecular weight is 298 g/mol. The van der Waals surface area contributed by atoms with Crippen molar-refractivity contribution in [3.05, 3.63) is 60.2 Å². The van der Waals surface area contributed by atoms with E-state index < -0.39 is 5.82 Å². The van der Waals surface area contributed by atoms with Crippen LogP contribution in [-0.4, -0.2) is 11.0 Å². The first-order valence-corrected chi connectivity index (χ1v) is 6.31. The van der Waals surface area contributed by atoms with Gasteiger partial charge in [-0.25, -0.2) is 4.99 Å². The maximum atomic E-state index is 12.7. The highest BCUT2D eigenvalue weighted by Gasteiger charge is 2.08. The third kappa shape index (κ3) is 3.94. The van der Waals surface area contributed by atoms with Crippen molar-refractivity contribution < 1.29 is 9.13 Å². The number of aliphatic imine (C=N–C) groups is 1. The Bertz CT molecular complexity index is 573. The molecule has 0 N–H and O–H groups in total. The van der Waals surface area contributed by atoms with Crippen LogP contribution < -0.4 is 4.74 Å². The lowest BCUT2D eigenvalue weighted by molar-refractivity contribution is 0.147. The summed E-state index contributed by atoms with van der Waals surface area (Å²) >= 11 is 11.3. The molecule has 0 saturated heterocycles. The van der Waals surface area contributed by atoms with E-state index >= 15 is 0 Å². The molecule has 0 aromatic heterocycles. The van der Waals surface area contributed by atoms with Crippen LogP contribution in [0.3, 0.4) is 0 Å². The van der Waals surface area contributed by atoms with Crippen LogP contribution in [0.1, 0.15) is 5.56 Å². The Morgan fingerprint density at radius 1 is 1.05 bits per heavy atom. The zero-order chi connectivity index (χ0) is 13.7. The van der Waals surface area contributed by atoms with Gasteiger partial charge in [0.15, 0.2) is 0 Å². The Morgan fingerprint density at radius 2 is 1.68 bits per heavy atom. The SMILES string of the molecule is FC(Cl)Oc1ccccc1N=C(Cl)c1ccccc1. The monoisotopic (exact) mass is 297 g/mol. The Balaban J connectivity index is 2.32. The second-order valence-electron chi connectivity index (χ2n) is 3.61. The minimum absolute atomic E-state index is 0.235. The van der Waals surface area contributed by atoms with Crippen LogP contribution in [0.25, 0.3) is 0 Å². The van der Waals surface area contributed by atoms with E-state index in [2.05, 4.69) is 4.99 Å². The van der Waals surface area contributed by atoms with E-state index in [4.69, 9.17) is 27.9 Å². The highest BCUT2D eigenvalue weighted by Crippen LogP contribution is 2.29. The van der Waals surface area contributed by atoms with Crippen LogP contribution in [0, 0.1) is 0 Å². The Morgan fingerprint density at radius 3 is 2.37 bits per heavy atom. The van der Waals surface area contributed by atoms with Crippen LogP contribution in [0.5, 0.6) is 5.75 Å². The molecule has 0 bridgehead atoms. The molecule has 2 aromatic carbocycles. The molecule has 0 aliphatic rings. The number of para-hydroxylation sites is 2. The van der Waals surface area contributed by atoms with Gasteiger partial charge in [0.25, 0.3) is 0 Å². The van der Waals surface area contributed by atoms with E-state index in [1.54, 1.807) is 24.3 Å². The molecule has 2 aromatic rings. The second kappa shape index (κ2) is 6.55. The molecule has 0 aliphatic heterocycles. The molecule has 98 valence electrons. The van der Waals surface area contributed by atoms with Gasteiger partial charge in [0.2, 0.25) is 0 Å². The van der Waals surface area contributed by atoms with Crippen LogP contribution in [0.15, 0.2) is 59.6 Å². The van der Waals surface area contributed by atoms with Crippen molar-refractivity contribution in [3.8, 4) is 5.75 Å². The maximum Gasteiger partial charge on any atom is 0.316 e. The zero-order valence-electron chi connectivity index (χ0n) is 9.76. The molecular weight excluding hydrogens is 288 g/mol. The van der Waals surface area contributed by atoms with Crippen LogP contribution in [0.2, 0.25) is 0 Å². The zero-order valence-corrected chi connectivity index (χ0v) is 11.3. The molecule has 2 rings (SSSR count). The molecule has 1 atom stereocenters. The van der Waals surface area contributed by atoms with Gasteiger partial charge >= 0.3 is 5.82 Å². The van der Waals surface area contributed by atoms with Crippen molar-refractivity contribution in [3.63, 3.8) is 0 Å². The molecule has 2 nitrogen and oxygen atoms in total. The molecular formula is C14H10Cl2FNO. The smallest absolute Gasteiger partial charge is 0.316 e. The summed E-state index contributed by atoms with van der Waals surface area (Å²) in [6, 6.07) is 15.9. The molecule has 0 spiro atoms. The summed E-state index contributed by atoms with van der Waals surface area (Å²) in [5, 5.41) is 0.293. The molecule has 0 radical (unpaired) electrons. The second-order valence-corrected chi connectivity index (χ2v) is 4.32. The quantitative estimate of drug-likeness (QED) is 0.582. The first kappa shape index (κ1) is 13.8. The normalized spacial score (nSPS) is 13.1. The predicted molar refractivity (Wildman–Crippen MR) is 76.3 cm³/mol. The standard InChI is InChI=1S/C14H10Cl2FNO/c15-13(10-6-2-1-3-7-10)18-11-8-4-5-9-12(11)19-14(16)17/h1-9,14H. The number of hydrogen-bond acceptors (Lipinski definition) is 2. The minimum Gasteiger partial charge on any atom is -0.445 e. The van der Waals surface area contributed by atoms with Gasteiger partial charge in [0.05, 0.1) is 0 Å². The van der Waals surface area contributed by atoms with Crippen molar-refractivity contribution >= 4 is 34.1 Å². The fourth-order valence-electron chi connectivity index (χ4n) is 1.49. The van der Waals surface area contributed by atoms with Gasteiger partial charge in [-0.3, -0.25) is 0 Å². The maximum absolute atomic E-state index is 12.7. The van der Waals surface area contributed by atoms with Crippen LogP contribution in [0.4, 0.5) is 10.1 Å². The lowest BCUT2D eigenvalue weighted by Crippen LogP contribution is -2.00. The van der Waals surface area contributed by atoms with E-state index in [1.165, 1.54) is 0 Å². The number of hydrogen-bond donors (Lipinski definition) is 0. The lowest BCUT2D eigenvalue weighted by atomic mass is 10.2. The third-order valence-electron chi connectivity index (χ3n) is 2.31. The van der Waals surface area contributed by atoms with Crippen molar-refractivity contribution in [1.29, 1.82) is 0 Å². The average Bonchev–Trinajstić information content (AvgIpc) is 2.41. The van der Waals surface area contributed by atoms with Crippen LogP contribution >= 0.6 is 23.2 Å². The lowest BCUT2D eigenvalue weighted by Gasteiger charge is -2.08. The number of halogens is 3. The fourth-order valence-corrected chi connectivity index (χ4v) is 1.80. The fraction of sp³-hybridized carbons (Fsp3) is 0.0714. The van der Waals surface area contributed by atoms with Crippen molar-refractivity contribution in [2.45, 2.75) is 5.82 Å². The summed E-state index contributed by atoms with van der Waals surface area (Å²) in [5.74, 6) is -1.69. The predicted octanol–water partition coefficient (Wildman–Crippen LogP) is 4.87.